The summed E-state index contributed by atoms with van der Waals surface area (Å²) >= 11 is 0. The number of aliphatic hydroxyl groups is 1. The summed E-state index contributed by atoms with van der Waals surface area (Å²) in [5, 5.41) is 15.0. The summed E-state index contributed by atoms with van der Waals surface area (Å²) in [7, 11) is 0. The number of carbonyl (C=O) groups is 1. The monoisotopic (exact) mass is 447 g/mol. The van der Waals surface area contributed by atoms with Crippen molar-refractivity contribution in [3.05, 3.63) is 64.9 Å². The molecule has 1 fully saturated rings. The van der Waals surface area contributed by atoms with Gasteiger partial charge in [-0.15, -0.1) is 0 Å². The minimum absolute atomic E-state index is 0.0133. The van der Waals surface area contributed by atoms with Gasteiger partial charge in [0.25, 0.3) is 5.91 Å². The second kappa shape index (κ2) is 8.86. The van der Waals surface area contributed by atoms with E-state index < -0.39 is 6.10 Å². The zero-order valence-electron chi connectivity index (χ0n) is 19.5. The van der Waals surface area contributed by atoms with Crippen molar-refractivity contribution in [3.63, 3.8) is 0 Å². The Morgan fingerprint density at radius 1 is 1.15 bits per heavy atom. The Morgan fingerprint density at radius 2 is 1.91 bits per heavy atom. The molecule has 3 aromatic rings. The Kier molecular flexibility index (Phi) is 5.92. The fourth-order valence-corrected chi connectivity index (χ4v) is 5.61. The van der Waals surface area contributed by atoms with Crippen LogP contribution in [0.4, 0.5) is 0 Å². The summed E-state index contributed by atoms with van der Waals surface area (Å²) in [6, 6.07) is 14.1. The van der Waals surface area contributed by atoms with E-state index in [-0.39, 0.29) is 17.6 Å². The molecule has 1 aliphatic heterocycles. The highest BCUT2D eigenvalue weighted by Crippen LogP contribution is 2.49. The average Bonchev–Trinajstić information content (AvgIpc) is 3.15. The molecule has 1 aromatic heterocycles. The van der Waals surface area contributed by atoms with E-state index in [0.717, 1.165) is 60.8 Å². The maximum atomic E-state index is 13.1. The first-order valence-electron chi connectivity index (χ1n) is 12.2. The molecule has 0 bridgehead atoms. The quantitative estimate of drug-likeness (QED) is 0.502. The van der Waals surface area contributed by atoms with Crippen molar-refractivity contribution in [2.45, 2.75) is 83.0 Å². The molecule has 174 valence electrons. The molecule has 5 heteroatoms. The van der Waals surface area contributed by atoms with Gasteiger partial charge in [0.05, 0.1) is 6.10 Å². The lowest BCUT2D eigenvalue weighted by Gasteiger charge is -2.43. The Balaban J connectivity index is 1.36. The van der Waals surface area contributed by atoms with Gasteiger partial charge in [0.1, 0.15) is 16.9 Å². The van der Waals surface area contributed by atoms with Crippen molar-refractivity contribution in [1.29, 1.82) is 0 Å². The molecule has 2 aliphatic rings. The maximum absolute atomic E-state index is 13.1. The molecule has 2 aromatic carbocycles. The fraction of sp³-hybridized carbons (Fsp3) is 0.464. The van der Waals surface area contributed by atoms with Gasteiger partial charge in [-0.05, 0) is 70.1 Å². The number of aryl methyl sites for hydroxylation is 2. The molecular formula is C28H33NO4. The van der Waals surface area contributed by atoms with Crippen molar-refractivity contribution >= 4 is 16.9 Å². The SMILES string of the molecule is Cc1c(C(=O)N[C@H](C)CCc2ccccc2)oc2ccc3c(c12)[C@@H](O)CC1(CCCCC1)O3. The molecule has 0 unspecified atom stereocenters. The minimum Gasteiger partial charge on any atom is -0.487 e. The van der Waals surface area contributed by atoms with Crippen LogP contribution >= 0.6 is 0 Å². The van der Waals surface area contributed by atoms with Gasteiger partial charge < -0.3 is 19.6 Å². The lowest BCUT2D eigenvalue weighted by atomic mass is 9.77. The number of carbonyl (C=O) groups excluding carboxylic acids is 1. The first-order valence-corrected chi connectivity index (χ1v) is 12.2. The molecule has 1 aliphatic carbocycles. The number of nitrogens with one attached hydrogen (secondary N) is 1. The van der Waals surface area contributed by atoms with Gasteiger partial charge in [-0.25, -0.2) is 0 Å². The third-order valence-electron chi connectivity index (χ3n) is 7.38. The van der Waals surface area contributed by atoms with E-state index >= 15 is 0 Å². The van der Waals surface area contributed by atoms with Crippen LogP contribution < -0.4 is 10.1 Å². The summed E-state index contributed by atoms with van der Waals surface area (Å²) in [6.07, 6.45) is 7.22. The van der Waals surface area contributed by atoms with Crippen LogP contribution in [0.2, 0.25) is 0 Å². The molecule has 0 radical (unpaired) electrons. The van der Waals surface area contributed by atoms with E-state index in [4.69, 9.17) is 9.15 Å². The Morgan fingerprint density at radius 3 is 2.67 bits per heavy atom. The number of hydrogen-bond acceptors (Lipinski definition) is 4. The molecule has 5 nitrogen and oxygen atoms in total. The van der Waals surface area contributed by atoms with Crippen LogP contribution in [0.25, 0.3) is 11.0 Å². The van der Waals surface area contributed by atoms with Gasteiger partial charge in [0.15, 0.2) is 5.76 Å². The summed E-state index contributed by atoms with van der Waals surface area (Å²) in [4.78, 5) is 13.1. The second-order valence-corrected chi connectivity index (χ2v) is 9.87. The van der Waals surface area contributed by atoms with Crippen molar-refractivity contribution in [2.75, 3.05) is 0 Å². The molecule has 0 saturated heterocycles. The van der Waals surface area contributed by atoms with E-state index in [1.165, 1.54) is 12.0 Å². The smallest absolute Gasteiger partial charge is 0.287 e. The third kappa shape index (κ3) is 4.26. The molecule has 1 spiro atoms. The number of amides is 1. The molecule has 2 heterocycles. The Bertz CT molecular complexity index is 1140. The van der Waals surface area contributed by atoms with Gasteiger partial charge in [-0.2, -0.15) is 0 Å². The van der Waals surface area contributed by atoms with Crippen LogP contribution in [0, 0.1) is 6.92 Å². The fourth-order valence-electron chi connectivity index (χ4n) is 5.61. The van der Waals surface area contributed by atoms with Gasteiger partial charge in [-0.1, -0.05) is 36.8 Å². The van der Waals surface area contributed by atoms with Gasteiger partial charge in [0, 0.05) is 29.0 Å². The van der Waals surface area contributed by atoms with Gasteiger partial charge >= 0.3 is 0 Å². The lowest BCUT2D eigenvalue weighted by molar-refractivity contribution is -0.0373. The lowest BCUT2D eigenvalue weighted by Crippen LogP contribution is -2.42. The molecular weight excluding hydrogens is 414 g/mol. The molecule has 5 rings (SSSR count). The van der Waals surface area contributed by atoms with E-state index in [2.05, 4.69) is 17.4 Å². The largest absolute Gasteiger partial charge is 0.487 e. The van der Waals surface area contributed by atoms with Gasteiger partial charge in [0.2, 0.25) is 0 Å². The zero-order valence-corrected chi connectivity index (χ0v) is 19.5. The van der Waals surface area contributed by atoms with Crippen LogP contribution in [0.5, 0.6) is 5.75 Å². The summed E-state index contributed by atoms with van der Waals surface area (Å²) in [6.45, 7) is 3.91. The molecule has 1 saturated carbocycles. The predicted octanol–water partition coefficient (Wildman–Crippen LogP) is 6.01. The number of benzene rings is 2. The summed E-state index contributed by atoms with van der Waals surface area (Å²) in [5.41, 5.74) is 3.15. The van der Waals surface area contributed by atoms with E-state index in [9.17, 15) is 9.90 Å². The molecule has 2 N–H and O–H groups in total. The topological polar surface area (TPSA) is 71.7 Å². The standard InChI is InChI=1S/C28H33NO4/c1-18(11-12-20-9-5-3-6-10-20)29-27(31)26-19(2)24-22(32-26)13-14-23-25(24)21(30)17-28(33-23)15-7-4-8-16-28/h3,5-6,9-10,13-14,18,21,30H,4,7-8,11-12,15-17H2,1-2H3,(H,29,31)/t18-,21+/m1/s1. The Hall–Kier alpha value is -2.79. The summed E-state index contributed by atoms with van der Waals surface area (Å²) < 4.78 is 12.5. The predicted molar refractivity (Wildman–Crippen MR) is 129 cm³/mol. The first kappa shape index (κ1) is 22.0. The van der Waals surface area contributed by atoms with E-state index in [0.29, 0.717) is 17.8 Å². The number of furan rings is 1. The van der Waals surface area contributed by atoms with Crippen molar-refractivity contribution in [3.8, 4) is 5.75 Å². The molecule has 33 heavy (non-hydrogen) atoms. The number of hydrogen-bond donors (Lipinski definition) is 2. The highest BCUT2D eigenvalue weighted by atomic mass is 16.5. The highest BCUT2D eigenvalue weighted by Gasteiger charge is 2.42. The second-order valence-electron chi connectivity index (χ2n) is 9.87. The highest BCUT2D eigenvalue weighted by molar-refractivity contribution is 6.00. The van der Waals surface area contributed by atoms with Crippen LogP contribution in [0.3, 0.4) is 0 Å². The maximum Gasteiger partial charge on any atom is 0.287 e. The zero-order chi connectivity index (χ0) is 23.0. The number of fused-ring (bicyclic) bond motifs is 3. The average molecular weight is 448 g/mol. The van der Waals surface area contributed by atoms with Crippen LogP contribution in [0.15, 0.2) is 46.9 Å². The van der Waals surface area contributed by atoms with Crippen LogP contribution in [-0.2, 0) is 6.42 Å². The van der Waals surface area contributed by atoms with E-state index in [1.807, 2.05) is 44.2 Å². The number of ether oxygens (including phenoxy) is 1. The number of aliphatic hydroxyl groups excluding tert-OH is 1. The third-order valence-corrected chi connectivity index (χ3v) is 7.38. The number of rotatable bonds is 5. The van der Waals surface area contributed by atoms with Gasteiger partial charge in [-0.3, -0.25) is 4.79 Å². The Labute approximate surface area is 195 Å². The molecule has 1 amide bonds. The van der Waals surface area contributed by atoms with E-state index in [1.54, 1.807) is 0 Å². The molecule has 2 atom stereocenters. The van der Waals surface area contributed by atoms with Crippen LogP contribution in [0.1, 0.15) is 85.2 Å². The van der Waals surface area contributed by atoms with Crippen LogP contribution in [-0.4, -0.2) is 22.7 Å². The van der Waals surface area contributed by atoms with Crippen molar-refractivity contribution in [1.82, 2.24) is 5.32 Å². The normalized spacial score (nSPS) is 20.3. The van der Waals surface area contributed by atoms with Crippen molar-refractivity contribution in [2.24, 2.45) is 0 Å². The van der Waals surface area contributed by atoms with Crippen molar-refractivity contribution < 1.29 is 19.1 Å². The first-order chi connectivity index (χ1) is 16.0. The summed E-state index contributed by atoms with van der Waals surface area (Å²) in [5.74, 6) is 0.832. The minimum atomic E-state index is -0.618.